The summed E-state index contributed by atoms with van der Waals surface area (Å²) in [6.07, 6.45) is 5.67. The third-order valence-corrected chi connectivity index (χ3v) is 5.25. The van der Waals surface area contributed by atoms with E-state index in [4.69, 9.17) is 0 Å². The van der Waals surface area contributed by atoms with Gasteiger partial charge in [-0.1, -0.05) is 63.2 Å². The predicted octanol–water partition coefficient (Wildman–Crippen LogP) is 7.47. The van der Waals surface area contributed by atoms with Crippen molar-refractivity contribution in [2.75, 3.05) is 0 Å². The molecular formula is C26H28O. The van der Waals surface area contributed by atoms with E-state index in [1.165, 1.54) is 46.1 Å². The molecule has 4 rings (SSSR count). The summed E-state index contributed by atoms with van der Waals surface area (Å²) in [6.45, 7) is 8.52. The van der Waals surface area contributed by atoms with Crippen LogP contribution in [0.5, 0.6) is 0 Å². The zero-order chi connectivity index (χ0) is 19.4. The number of hydrogen-bond acceptors (Lipinski definition) is 1. The first kappa shape index (κ1) is 19.1. The maximum Gasteiger partial charge on any atom is 0.150 e. The van der Waals surface area contributed by atoms with Crippen LogP contribution in [0.4, 0.5) is 0 Å². The molecule has 1 aliphatic carbocycles. The van der Waals surface area contributed by atoms with Gasteiger partial charge in [-0.2, -0.15) is 0 Å². The van der Waals surface area contributed by atoms with Gasteiger partial charge in [0.25, 0.3) is 0 Å². The fourth-order valence-corrected chi connectivity index (χ4v) is 3.77. The second-order valence-corrected chi connectivity index (χ2v) is 7.24. The molecule has 27 heavy (non-hydrogen) atoms. The molecule has 0 amide bonds. The van der Waals surface area contributed by atoms with Gasteiger partial charge in [0.15, 0.2) is 0 Å². The first-order valence-corrected chi connectivity index (χ1v) is 9.93. The molecule has 0 aromatic heterocycles. The molecule has 1 aliphatic rings. The van der Waals surface area contributed by atoms with Crippen LogP contribution in [-0.2, 0) is 0 Å². The lowest BCUT2D eigenvalue weighted by Crippen LogP contribution is -1.91. The van der Waals surface area contributed by atoms with E-state index in [2.05, 4.69) is 56.3 Å². The second-order valence-electron chi connectivity index (χ2n) is 7.24. The van der Waals surface area contributed by atoms with Gasteiger partial charge >= 0.3 is 0 Å². The molecule has 0 saturated heterocycles. The Hall–Kier alpha value is -2.67. The largest absolute Gasteiger partial charge is 0.298 e. The maximum atomic E-state index is 11.0. The molecule has 0 spiro atoms. The zero-order valence-corrected chi connectivity index (χ0v) is 16.8. The average Bonchev–Trinajstić information content (AvgIpc) is 3.15. The van der Waals surface area contributed by atoms with Crippen LogP contribution < -0.4 is 0 Å². The molecule has 0 heterocycles. The van der Waals surface area contributed by atoms with E-state index < -0.39 is 0 Å². The van der Waals surface area contributed by atoms with Gasteiger partial charge in [-0.25, -0.2) is 0 Å². The van der Waals surface area contributed by atoms with Crippen LogP contribution >= 0.6 is 0 Å². The van der Waals surface area contributed by atoms with E-state index >= 15 is 0 Å². The third kappa shape index (κ3) is 4.03. The lowest BCUT2D eigenvalue weighted by atomic mass is 9.93. The number of aryl methyl sites for hydroxylation is 1. The van der Waals surface area contributed by atoms with Crippen molar-refractivity contribution in [1.82, 2.24) is 0 Å². The highest BCUT2D eigenvalue weighted by Crippen LogP contribution is 2.36. The van der Waals surface area contributed by atoms with Gasteiger partial charge in [0.2, 0.25) is 0 Å². The minimum absolute atomic E-state index is 0.722. The Morgan fingerprint density at radius 3 is 2.26 bits per heavy atom. The molecule has 0 N–H and O–H groups in total. The maximum absolute atomic E-state index is 11.0. The van der Waals surface area contributed by atoms with E-state index in [0.29, 0.717) is 0 Å². The van der Waals surface area contributed by atoms with Gasteiger partial charge in [0.05, 0.1) is 0 Å². The summed E-state index contributed by atoms with van der Waals surface area (Å²) >= 11 is 0. The van der Waals surface area contributed by atoms with Crippen LogP contribution in [0.1, 0.15) is 55.1 Å². The van der Waals surface area contributed by atoms with Crippen molar-refractivity contribution in [3.05, 3.63) is 77.4 Å². The van der Waals surface area contributed by atoms with E-state index in [9.17, 15) is 4.79 Å². The molecule has 1 atom stereocenters. The van der Waals surface area contributed by atoms with E-state index in [1.807, 2.05) is 32.0 Å². The quantitative estimate of drug-likeness (QED) is 0.445. The molecule has 3 aromatic rings. The van der Waals surface area contributed by atoms with Crippen LogP contribution in [0.25, 0.3) is 27.5 Å². The normalized spacial score (nSPS) is 15.9. The van der Waals surface area contributed by atoms with Crippen molar-refractivity contribution in [3.63, 3.8) is 0 Å². The minimum Gasteiger partial charge on any atom is -0.298 e. The highest BCUT2D eigenvalue weighted by molar-refractivity contribution is 5.92. The first-order chi connectivity index (χ1) is 13.1. The van der Waals surface area contributed by atoms with Crippen molar-refractivity contribution in [3.8, 4) is 11.1 Å². The molecule has 3 aromatic carbocycles. The number of rotatable bonds is 3. The van der Waals surface area contributed by atoms with Gasteiger partial charge in [0.1, 0.15) is 6.29 Å². The van der Waals surface area contributed by atoms with Gasteiger partial charge < -0.3 is 0 Å². The van der Waals surface area contributed by atoms with E-state index in [0.717, 1.165) is 23.2 Å². The van der Waals surface area contributed by atoms with E-state index in [1.54, 1.807) is 0 Å². The number of fused-ring (bicyclic) bond motifs is 1. The Bertz CT molecular complexity index is 994. The lowest BCUT2D eigenvalue weighted by molar-refractivity contribution is 0.112. The smallest absolute Gasteiger partial charge is 0.150 e. The van der Waals surface area contributed by atoms with Crippen molar-refractivity contribution in [1.29, 1.82) is 0 Å². The van der Waals surface area contributed by atoms with E-state index in [-0.39, 0.29) is 0 Å². The molecule has 0 bridgehead atoms. The molecule has 0 fully saturated rings. The Morgan fingerprint density at radius 1 is 0.889 bits per heavy atom. The first-order valence-electron chi connectivity index (χ1n) is 9.93. The topological polar surface area (TPSA) is 17.1 Å². The predicted molar refractivity (Wildman–Crippen MR) is 117 cm³/mol. The number of carbonyl (C=O) groups excluding carboxylic acids is 1. The standard InChI is InChI=1S/C24H22O.C2H6/c1-16-3-6-23(11-16)24-14-22(7-4-17(24)2)21-10-9-19-12-18(15-25)5-8-20(19)13-21;1-2/h4-10,12-16H,3,11H2,1-2H3;1-2H3. The van der Waals surface area contributed by atoms with Crippen LogP contribution in [0, 0.1) is 12.8 Å². The highest BCUT2D eigenvalue weighted by atomic mass is 16.1. The molecule has 1 heteroatoms. The van der Waals surface area contributed by atoms with Crippen molar-refractivity contribution < 1.29 is 4.79 Å². The molecule has 138 valence electrons. The molecular weight excluding hydrogens is 328 g/mol. The number of hydrogen-bond donors (Lipinski definition) is 0. The van der Waals surface area contributed by atoms with Crippen molar-refractivity contribution >= 4 is 22.6 Å². The lowest BCUT2D eigenvalue weighted by Gasteiger charge is -2.12. The fourth-order valence-electron chi connectivity index (χ4n) is 3.77. The zero-order valence-electron chi connectivity index (χ0n) is 16.8. The Balaban J connectivity index is 0.00000102. The van der Waals surface area contributed by atoms with Crippen molar-refractivity contribution in [2.24, 2.45) is 5.92 Å². The van der Waals surface area contributed by atoms with Crippen LogP contribution in [0.2, 0.25) is 0 Å². The second kappa shape index (κ2) is 8.35. The Kier molecular flexibility index (Phi) is 5.91. The summed E-state index contributed by atoms with van der Waals surface area (Å²) in [5.74, 6) is 0.755. The number of aldehydes is 1. The van der Waals surface area contributed by atoms with Crippen molar-refractivity contribution in [2.45, 2.75) is 40.5 Å². The van der Waals surface area contributed by atoms with Crippen LogP contribution in [0.3, 0.4) is 0 Å². The van der Waals surface area contributed by atoms with Crippen LogP contribution in [-0.4, -0.2) is 6.29 Å². The summed E-state index contributed by atoms with van der Waals surface area (Å²) in [7, 11) is 0. The molecule has 0 aliphatic heterocycles. The summed E-state index contributed by atoms with van der Waals surface area (Å²) in [4.78, 5) is 11.0. The third-order valence-electron chi connectivity index (χ3n) is 5.25. The number of benzene rings is 3. The summed E-state index contributed by atoms with van der Waals surface area (Å²) in [6, 6.07) is 19.1. The number of allylic oxidation sites excluding steroid dienone is 2. The van der Waals surface area contributed by atoms with Gasteiger partial charge in [-0.15, -0.1) is 0 Å². The van der Waals surface area contributed by atoms with Gasteiger partial charge in [-0.05, 0) is 82.5 Å². The van der Waals surface area contributed by atoms with Crippen LogP contribution in [0.15, 0.2) is 60.7 Å². The monoisotopic (exact) mass is 356 g/mol. The molecule has 1 nitrogen and oxygen atoms in total. The summed E-state index contributed by atoms with van der Waals surface area (Å²) < 4.78 is 0. The molecule has 0 radical (unpaired) electrons. The SMILES string of the molecule is CC.Cc1ccc(-c2ccc3cc(C=O)ccc3c2)cc1C1=CCC(C)C1. The van der Waals surface area contributed by atoms with Gasteiger partial charge in [0, 0.05) is 5.56 Å². The summed E-state index contributed by atoms with van der Waals surface area (Å²) in [5.41, 5.74) is 7.42. The Labute approximate surface area is 162 Å². The highest BCUT2D eigenvalue weighted by Gasteiger charge is 2.16. The molecule has 1 unspecified atom stereocenters. The number of carbonyl (C=O) groups is 1. The van der Waals surface area contributed by atoms with Gasteiger partial charge in [-0.3, -0.25) is 4.79 Å². The fraction of sp³-hybridized carbons (Fsp3) is 0.269. The average molecular weight is 357 g/mol. The minimum atomic E-state index is 0.722. The Morgan fingerprint density at radius 2 is 1.56 bits per heavy atom. The molecule has 0 saturated carbocycles. The summed E-state index contributed by atoms with van der Waals surface area (Å²) in [5, 5.41) is 2.27.